The van der Waals surface area contributed by atoms with Gasteiger partial charge in [0.25, 0.3) is 0 Å². The van der Waals surface area contributed by atoms with Crippen molar-refractivity contribution in [2.24, 2.45) is 5.73 Å². The van der Waals surface area contributed by atoms with Crippen molar-refractivity contribution >= 4 is 27.5 Å². The number of halogens is 2. The summed E-state index contributed by atoms with van der Waals surface area (Å²) in [6.07, 6.45) is 1.74. The molecule has 1 atom stereocenters. The molecule has 4 heteroatoms. The van der Waals surface area contributed by atoms with E-state index in [0.29, 0.717) is 5.02 Å². The molecule has 0 saturated carbocycles. The summed E-state index contributed by atoms with van der Waals surface area (Å²) in [6, 6.07) is 11.1. The minimum absolute atomic E-state index is 0.244. The van der Waals surface area contributed by atoms with Gasteiger partial charge in [0.1, 0.15) is 0 Å². The van der Waals surface area contributed by atoms with Crippen LogP contribution < -0.4 is 5.73 Å². The topological polar surface area (TPSA) is 38.9 Å². The molecule has 2 rings (SSSR count). The third-order valence-electron chi connectivity index (χ3n) is 2.28. The zero-order chi connectivity index (χ0) is 11.5. The Morgan fingerprint density at radius 3 is 2.69 bits per heavy atom. The van der Waals surface area contributed by atoms with E-state index in [4.69, 9.17) is 17.3 Å². The smallest absolute Gasteiger partial charge is 0.0726 e. The van der Waals surface area contributed by atoms with Gasteiger partial charge in [-0.05, 0) is 45.8 Å². The Morgan fingerprint density at radius 2 is 2.06 bits per heavy atom. The molecule has 2 nitrogen and oxygen atoms in total. The van der Waals surface area contributed by atoms with Crippen LogP contribution in [0.1, 0.15) is 17.3 Å². The summed E-state index contributed by atoms with van der Waals surface area (Å²) in [6.45, 7) is 0. The molecule has 1 unspecified atom stereocenters. The number of hydrogen-bond acceptors (Lipinski definition) is 2. The molecule has 0 aliphatic carbocycles. The van der Waals surface area contributed by atoms with Crippen molar-refractivity contribution in [2.45, 2.75) is 6.04 Å². The Hall–Kier alpha value is -0.900. The summed E-state index contributed by atoms with van der Waals surface area (Å²) in [4.78, 5) is 4.27. The maximum Gasteiger partial charge on any atom is 0.0726 e. The molecular weight excluding hydrogens is 288 g/mol. The molecule has 1 aromatic heterocycles. The normalized spacial score (nSPS) is 12.4. The Labute approximate surface area is 108 Å². The quantitative estimate of drug-likeness (QED) is 0.921. The van der Waals surface area contributed by atoms with Crippen LogP contribution in [0.25, 0.3) is 0 Å². The Kier molecular flexibility index (Phi) is 3.59. The van der Waals surface area contributed by atoms with Crippen molar-refractivity contribution < 1.29 is 0 Å². The molecule has 82 valence electrons. The lowest BCUT2D eigenvalue weighted by Crippen LogP contribution is -2.13. The van der Waals surface area contributed by atoms with Crippen molar-refractivity contribution in [1.29, 1.82) is 0 Å². The fraction of sp³-hybridized carbons (Fsp3) is 0.0833. The summed E-state index contributed by atoms with van der Waals surface area (Å²) in [5.74, 6) is 0. The first kappa shape index (κ1) is 11.6. The largest absolute Gasteiger partial charge is 0.319 e. The van der Waals surface area contributed by atoms with Gasteiger partial charge in [-0.3, -0.25) is 4.98 Å². The SMILES string of the molecule is NC(c1cccc(Cl)c1)c1ccc(Br)cn1. The van der Waals surface area contributed by atoms with E-state index < -0.39 is 0 Å². The first-order chi connectivity index (χ1) is 7.66. The molecule has 16 heavy (non-hydrogen) atoms. The third-order valence-corrected chi connectivity index (χ3v) is 2.98. The maximum absolute atomic E-state index is 6.10. The van der Waals surface area contributed by atoms with Gasteiger partial charge < -0.3 is 5.73 Å². The molecule has 0 aliphatic rings. The minimum atomic E-state index is -0.244. The molecule has 0 spiro atoms. The van der Waals surface area contributed by atoms with Crippen molar-refractivity contribution in [2.75, 3.05) is 0 Å². The highest BCUT2D eigenvalue weighted by atomic mass is 79.9. The van der Waals surface area contributed by atoms with E-state index in [1.54, 1.807) is 6.20 Å². The summed E-state index contributed by atoms with van der Waals surface area (Å²) in [5, 5.41) is 0.685. The second-order valence-electron chi connectivity index (χ2n) is 3.43. The van der Waals surface area contributed by atoms with E-state index in [2.05, 4.69) is 20.9 Å². The summed E-state index contributed by atoms with van der Waals surface area (Å²) < 4.78 is 0.939. The van der Waals surface area contributed by atoms with E-state index in [0.717, 1.165) is 15.7 Å². The van der Waals surface area contributed by atoms with Crippen LogP contribution in [-0.4, -0.2) is 4.98 Å². The van der Waals surface area contributed by atoms with Crippen LogP contribution in [0.15, 0.2) is 47.1 Å². The molecule has 0 saturated heterocycles. The van der Waals surface area contributed by atoms with Gasteiger partial charge in [0.05, 0.1) is 11.7 Å². The third kappa shape index (κ3) is 2.61. The molecule has 2 aromatic rings. The molecule has 1 heterocycles. The Morgan fingerprint density at radius 1 is 1.25 bits per heavy atom. The van der Waals surface area contributed by atoms with E-state index in [9.17, 15) is 0 Å². The fourth-order valence-corrected chi connectivity index (χ4v) is 1.88. The van der Waals surface area contributed by atoms with Crippen molar-refractivity contribution in [1.82, 2.24) is 4.98 Å². The average Bonchev–Trinajstić information content (AvgIpc) is 2.29. The van der Waals surface area contributed by atoms with Crippen molar-refractivity contribution in [3.05, 3.63) is 63.3 Å². The van der Waals surface area contributed by atoms with Gasteiger partial charge in [-0.15, -0.1) is 0 Å². The molecule has 0 amide bonds. The second-order valence-corrected chi connectivity index (χ2v) is 4.79. The molecule has 0 fully saturated rings. The summed E-state index contributed by atoms with van der Waals surface area (Å²) >= 11 is 9.26. The first-order valence-corrected chi connectivity index (χ1v) is 5.96. The molecular formula is C12H10BrClN2. The van der Waals surface area contributed by atoms with Gasteiger partial charge in [-0.1, -0.05) is 23.7 Å². The highest BCUT2D eigenvalue weighted by Crippen LogP contribution is 2.21. The lowest BCUT2D eigenvalue weighted by atomic mass is 10.0. The van der Waals surface area contributed by atoms with E-state index in [-0.39, 0.29) is 6.04 Å². The highest BCUT2D eigenvalue weighted by Gasteiger charge is 2.10. The van der Waals surface area contributed by atoms with E-state index in [1.807, 2.05) is 36.4 Å². The van der Waals surface area contributed by atoms with Gasteiger partial charge >= 0.3 is 0 Å². The molecule has 0 bridgehead atoms. The molecule has 0 radical (unpaired) electrons. The summed E-state index contributed by atoms with van der Waals surface area (Å²) in [5.41, 5.74) is 7.88. The van der Waals surface area contributed by atoms with Gasteiger partial charge in [0.15, 0.2) is 0 Å². The fourth-order valence-electron chi connectivity index (χ4n) is 1.44. The predicted molar refractivity (Wildman–Crippen MR) is 69.4 cm³/mol. The predicted octanol–water partition coefficient (Wildman–Crippen LogP) is 3.55. The van der Waals surface area contributed by atoms with Crippen LogP contribution in [0.5, 0.6) is 0 Å². The molecule has 1 aromatic carbocycles. The number of rotatable bonds is 2. The van der Waals surface area contributed by atoms with E-state index in [1.165, 1.54) is 0 Å². The highest BCUT2D eigenvalue weighted by molar-refractivity contribution is 9.10. The number of aromatic nitrogens is 1. The number of hydrogen-bond donors (Lipinski definition) is 1. The zero-order valence-electron chi connectivity index (χ0n) is 8.40. The van der Waals surface area contributed by atoms with Crippen LogP contribution in [0.3, 0.4) is 0 Å². The van der Waals surface area contributed by atoms with E-state index >= 15 is 0 Å². The monoisotopic (exact) mass is 296 g/mol. The number of nitrogens with zero attached hydrogens (tertiary/aromatic N) is 1. The minimum Gasteiger partial charge on any atom is -0.319 e. The lowest BCUT2D eigenvalue weighted by molar-refractivity contribution is 0.828. The molecule has 2 N–H and O–H groups in total. The van der Waals surface area contributed by atoms with Gasteiger partial charge in [-0.25, -0.2) is 0 Å². The van der Waals surface area contributed by atoms with Crippen LogP contribution >= 0.6 is 27.5 Å². The van der Waals surface area contributed by atoms with Crippen LogP contribution in [0.2, 0.25) is 5.02 Å². The standard InChI is InChI=1S/C12H10BrClN2/c13-9-4-5-11(16-7-9)12(15)8-2-1-3-10(14)6-8/h1-7,12H,15H2. The number of nitrogens with two attached hydrogens (primary N) is 1. The second kappa shape index (κ2) is 4.95. The summed E-state index contributed by atoms with van der Waals surface area (Å²) in [7, 11) is 0. The van der Waals surface area contributed by atoms with Crippen molar-refractivity contribution in [3.8, 4) is 0 Å². The van der Waals surface area contributed by atoms with Gasteiger partial charge in [0, 0.05) is 15.7 Å². The Balaban J connectivity index is 2.31. The average molecular weight is 298 g/mol. The van der Waals surface area contributed by atoms with Crippen LogP contribution in [0, 0.1) is 0 Å². The molecule has 0 aliphatic heterocycles. The van der Waals surface area contributed by atoms with Gasteiger partial charge in [-0.2, -0.15) is 0 Å². The maximum atomic E-state index is 6.10. The first-order valence-electron chi connectivity index (χ1n) is 4.79. The Bertz CT molecular complexity index is 485. The number of benzene rings is 1. The van der Waals surface area contributed by atoms with Crippen LogP contribution in [-0.2, 0) is 0 Å². The van der Waals surface area contributed by atoms with Crippen molar-refractivity contribution in [3.63, 3.8) is 0 Å². The number of pyridine rings is 1. The van der Waals surface area contributed by atoms with Crippen LogP contribution in [0.4, 0.5) is 0 Å². The zero-order valence-corrected chi connectivity index (χ0v) is 10.7. The van der Waals surface area contributed by atoms with Gasteiger partial charge in [0.2, 0.25) is 0 Å². The lowest BCUT2D eigenvalue weighted by Gasteiger charge is -2.11.